The van der Waals surface area contributed by atoms with Crippen LogP contribution in [0.25, 0.3) is 55.4 Å². The lowest BCUT2D eigenvalue weighted by Gasteiger charge is -2.34. The van der Waals surface area contributed by atoms with Crippen molar-refractivity contribution in [2.45, 2.75) is 57.8 Å². The van der Waals surface area contributed by atoms with E-state index in [1.54, 1.807) is 6.07 Å². The third kappa shape index (κ3) is 5.88. The van der Waals surface area contributed by atoms with Gasteiger partial charge in [0.15, 0.2) is 11.6 Å². The van der Waals surface area contributed by atoms with Crippen LogP contribution in [0.4, 0.5) is 0 Å². The van der Waals surface area contributed by atoms with Gasteiger partial charge in [0.1, 0.15) is 11.6 Å². The molecule has 0 saturated carbocycles. The summed E-state index contributed by atoms with van der Waals surface area (Å²) in [6.07, 6.45) is 6.53. The molecule has 7 aromatic carbocycles. The van der Waals surface area contributed by atoms with E-state index < -0.39 is 5.41 Å². The molecule has 0 fully saturated rings. The van der Waals surface area contributed by atoms with E-state index in [4.69, 9.17) is 15.0 Å². The standard InChI is InChI=1S/C51H45N3O/c1-3-5-18-34(4-2)29-32-46-52-49(41-27-16-17-28-45(41)55)54-50(53-46)42-33-44-48(40-26-15-14-25-39(40)42)47-38-24-13-12-19-35(38)30-31-43(47)51(44,36-20-8-6-9-21-36)37-22-10-7-11-23-37/h6-17,19-28,30-31,33-34,55H,3-5,18,29,32H2,1-2H3. The van der Waals surface area contributed by atoms with Gasteiger partial charge in [0, 0.05) is 12.0 Å². The summed E-state index contributed by atoms with van der Waals surface area (Å²) in [5.41, 5.74) is 8.37. The van der Waals surface area contributed by atoms with Gasteiger partial charge in [0.2, 0.25) is 0 Å². The van der Waals surface area contributed by atoms with Crippen molar-refractivity contribution in [1.82, 2.24) is 15.0 Å². The molecule has 1 aliphatic carbocycles. The van der Waals surface area contributed by atoms with Crippen LogP contribution in [-0.2, 0) is 11.8 Å². The molecule has 1 atom stereocenters. The van der Waals surface area contributed by atoms with Gasteiger partial charge < -0.3 is 5.11 Å². The minimum absolute atomic E-state index is 0.160. The zero-order valence-corrected chi connectivity index (χ0v) is 31.5. The molecule has 8 aromatic rings. The number of para-hydroxylation sites is 1. The predicted molar refractivity (Wildman–Crippen MR) is 226 cm³/mol. The average molecular weight is 716 g/mol. The molecule has 0 aliphatic heterocycles. The Bertz CT molecular complexity index is 2610. The molecule has 55 heavy (non-hydrogen) atoms. The van der Waals surface area contributed by atoms with Crippen molar-refractivity contribution in [3.05, 3.63) is 180 Å². The van der Waals surface area contributed by atoms with Gasteiger partial charge in [-0.2, -0.15) is 0 Å². The molecule has 1 heterocycles. The SMILES string of the molecule is CCCCC(CC)CCc1nc(-c2ccccc2O)nc(-c2cc3c(c4ccccc24)-c2c(ccc4ccccc24)C3(c2ccccc2)c2ccccc2)n1. The first kappa shape index (κ1) is 34.6. The van der Waals surface area contributed by atoms with E-state index in [0.717, 1.165) is 41.4 Å². The molecule has 0 bridgehead atoms. The maximum Gasteiger partial charge on any atom is 0.167 e. The Hall–Kier alpha value is -6.13. The maximum absolute atomic E-state index is 11.1. The number of aromatic hydroxyl groups is 1. The summed E-state index contributed by atoms with van der Waals surface area (Å²) in [6.45, 7) is 4.55. The predicted octanol–water partition coefficient (Wildman–Crippen LogP) is 12.7. The molecule has 4 nitrogen and oxygen atoms in total. The van der Waals surface area contributed by atoms with Crippen LogP contribution in [-0.4, -0.2) is 20.1 Å². The number of nitrogens with zero attached hydrogens (tertiary/aromatic N) is 3. The highest BCUT2D eigenvalue weighted by Crippen LogP contribution is 2.60. The van der Waals surface area contributed by atoms with Gasteiger partial charge in [0.05, 0.1) is 11.0 Å². The highest BCUT2D eigenvalue weighted by Gasteiger charge is 2.47. The second-order valence-electron chi connectivity index (χ2n) is 15.0. The van der Waals surface area contributed by atoms with E-state index in [-0.39, 0.29) is 5.75 Å². The minimum atomic E-state index is -0.611. The summed E-state index contributed by atoms with van der Waals surface area (Å²) >= 11 is 0. The van der Waals surface area contributed by atoms with Crippen molar-refractivity contribution >= 4 is 21.5 Å². The van der Waals surface area contributed by atoms with Gasteiger partial charge in [-0.25, -0.2) is 15.0 Å². The number of aromatic nitrogens is 3. The van der Waals surface area contributed by atoms with Crippen molar-refractivity contribution < 1.29 is 5.11 Å². The summed E-state index contributed by atoms with van der Waals surface area (Å²) < 4.78 is 0. The average Bonchev–Trinajstić information content (AvgIpc) is 3.56. The fourth-order valence-corrected chi connectivity index (χ4v) is 9.10. The van der Waals surface area contributed by atoms with Crippen molar-refractivity contribution in [3.63, 3.8) is 0 Å². The minimum Gasteiger partial charge on any atom is -0.507 e. The molecular formula is C51H45N3O. The highest BCUT2D eigenvalue weighted by molar-refractivity contribution is 6.15. The monoisotopic (exact) mass is 715 g/mol. The number of hydrogen-bond donors (Lipinski definition) is 1. The number of fused-ring (bicyclic) bond motifs is 7. The number of benzene rings is 7. The Labute approximate surface area is 323 Å². The maximum atomic E-state index is 11.1. The third-order valence-electron chi connectivity index (χ3n) is 11.8. The molecular weight excluding hydrogens is 671 g/mol. The van der Waals surface area contributed by atoms with Gasteiger partial charge in [-0.1, -0.05) is 173 Å². The molecule has 1 unspecified atom stereocenters. The van der Waals surface area contributed by atoms with Gasteiger partial charge in [-0.3, -0.25) is 0 Å². The van der Waals surface area contributed by atoms with Crippen LogP contribution in [0.3, 0.4) is 0 Å². The smallest absolute Gasteiger partial charge is 0.167 e. The van der Waals surface area contributed by atoms with Gasteiger partial charge in [-0.15, -0.1) is 0 Å². The number of unbranched alkanes of at least 4 members (excludes halogenated alkanes) is 1. The first-order valence-electron chi connectivity index (χ1n) is 19.8. The summed E-state index contributed by atoms with van der Waals surface area (Å²) in [5, 5.41) is 15.8. The van der Waals surface area contributed by atoms with Crippen LogP contribution in [0.5, 0.6) is 5.75 Å². The van der Waals surface area contributed by atoms with Crippen LogP contribution in [0.2, 0.25) is 0 Å². The van der Waals surface area contributed by atoms with Gasteiger partial charge in [0.25, 0.3) is 0 Å². The van der Waals surface area contributed by atoms with Gasteiger partial charge in [-0.05, 0) is 85.5 Å². The number of aryl methyl sites for hydroxylation is 1. The van der Waals surface area contributed by atoms with E-state index in [1.807, 2.05) is 18.2 Å². The third-order valence-corrected chi connectivity index (χ3v) is 11.8. The van der Waals surface area contributed by atoms with Crippen molar-refractivity contribution in [2.24, 2.45) is 5.92 Å². The lowest BCUT2D eigenvalue weighted by molar-refractivity contribution is 0.418. The van der Waals surface area contributed by atoms with E-state index in [2.05, 4.69) is 141 Å². The van der Waals surface area contributed by atoms with Crippen molar-refractivity contribution in [2.75, 3.05) is 0 Å². The Morgan fingerprint density at radius 3 is 1.84 bits per heavy atom. The zero-order valence-electron chi connectivity index (χ0n) is 31.5. The normalized spacial score (nSPS) is 13.5. The molecule has 0 saturated heterocycles. The molecule has 0 amide bonds. The van der Waals surface area contributed by atoms with Crippen molar-refractivity contribution in [3.8, 4) is 39.7 Å². The number of phenols is 1. The first-order chi connectivity index (χ1) is 27.1. The largest absolute Gasteiger partial charge is 0.507 e. The first-order valence-corrected chi connectivity index (χ1v) is 19.8. The Morgan fingerprint density at radius 1 is 0.545 bits per heavy atom. The van der Waals surface area contributed by atoms with Crippen LogP contribution < -0.4 is 0 Å². The second kappa shape index (κ2) is 14.6. The fourth-order valence-electron chi connectivity index (χ4n) is 9.10. The Kier molecular flexibility index (Phi) is 9.19. The zero-order chi connectivity index (χ0) is 37.4. The lowest BCUT2D eigenvalue weighted by atomic mass is 9.67. The Morgan fingerprint density at radius 2 is 1.15 bits per heavy atom. The van der Waals surface area contributed by atoms with E-state index >= 15 is 0 Å². The van der Waals surface area contributed by atoms with E-state index in [9.17, 15) is 5.11 Å². The summed E-state index contributed by atoms with van der Waals surface area (Å²) in [4.78, 5) is 15.6. The molecule has 270 valence electrons. The fraction of sp³-hybridized carbons (Fsp3) is 0.196. The van der Waals surface area contributed by atoms with Crippen molar-refractivity contribution in [1.29, 1.82) is 0 Å². The molecule has 0 spiro atoms. The molecule has 4 heteroatoms. The van der Waals surface area contributed by atoms with Crippen LogP contribution in [0.1, 0.15) is 74.0 Å². The molecule has 0 radical (unpaired) electrons. The quantitative estimate of drug-likeness (QED) is 0.145. The molecule has 9 rings (SSSR count). The molecule has 1 N–H and O–H groups in total. The highest BCUT2D eigenvalue weighted by atomic mass is 16.3. The second-order valence-corrected chi connectivity index (χ2v) is 15.0. The summed E-state index contributed by atoms with van der Waals surface area (Å²) in [5.74, 6) is 2.65. The number of rotatable bonds is 11. The van der Waals surface area contributed by atoms with Gasteiger partial charge >= 0.3 is 0 Å². The molecule has 1 aliphatic rings. The number of hydrogen-bond acceptors (Lipinski definition) is 4. The molecule has 1 aromatic heterocycles. The summed E-state index contributed by atoms with van der Waals surface area (Å²) in [7, 11) is 0. The number of phenolic OH excluding ortho intramolecular Hbond substituents is 1. The lowest BCUT2D eigenvalue weighted by Crippen LogP contribution is -2.28. The van der Waals surface area contributed by atoms with E-state index in [0.29, 0.717) is 23.1 Å². The topological polar surface area (TPSA) is 58.9 Å². The van der Waals surface area contributed by atoms with Crippen LogP contribution >= 0.6 is 0 Å². The van der Waals surface area contributed by atoms with Crippen LogP contribution in [0, 0.1) is 5.92 Å². The summed E-state index contributed by atoms with van der Waals surface area (Å²) in [6, 6.07) is 53.8. The van der Waals surface area contributed by atoms with E-state index in [1.165, 1.54) is 63.4 Å². The van der Waals surface area contributed by atoms with Crippen LogP contribution in [0.15, 0.2) is 152 Å². The Balaban J connectivity index is 1.36.